The van der Waals surface area contributed by atoms with Gasteiger partial charge in [0.25, 0.3) is 0 Å². The Bertz CT molecular complexity index is 381. The van der Waals surface area contributed by atoms with Gasteiger partial charge in [-0.05, 0) is 6.07 Å². The van der Waals surface area contributed by atoms with Crippen LogP contribution in [0.15, 0.2) is 12.3 Å². The lowest BCUT2D eigenvalue weighted by atomic mass is 10.2. The lowest BCUT2D eigenvalue weighted by Gasteiger charge is -2.07. The summed E-state index contributed by atoms with van der Waals surface area (Å²) in [4.78, 5) is 13.6. The van der Waals surface area contributed by atoms with Crippen molar-refractivity contribution in [1.82, 2.24) is 4.98 Å². The van der Waals surface area contributed by atoms with E-state index in [1.807, 2.05) is 0 Å². The summed E-state index contributed by atoms with van der Waals surface area (Å²) in [5.74, 6) is -1.98. The number of aromatic nitrogens is 1. The molecule has 0 amide bonds. The first kappa shape index (κ1) is 13.5. The molecule has 0 aliphatic heterocycles. The van der Waals surface area contributed by atoms with Gasteiger partial charge in [-0.15, -0.1) is 12.4 Å². The van der Waals surface area contributed by atoms with Crippen molar-refractivity contribution >= 4 is 24.2 Å². The zero-order valence-electron chi connectivity index (χ0n) is 7.08. The Hall–Kier alpha value is -1.50. The molecule has 0 bridgehead atoms. The maximum Gasteiger partial charge on any atom is 0.417 e. The van der Waals surface area contributed by atoms with Crippen LogP contribution in [0.25, 0.3) is 0 Å². The van der Waals surface area contributed by atoms with Crippen LogP contribution in [-0.2, 0) is 6.18 Å². The highest BCUT2D eigenvalue weighted by atomic mass is 35.5. The normalized spacial score (nSPS) is 10.6. The quantitative estimate of drug-likeness (QED) is 0.787. The number of nitrogens with two attached hydrogens (primary N) is 1. The van der Waals surface area contributed by atoms with Crippen LogP contribution in [0, 0.1) is 0 Å². The molecule has 0 aromatic carbocycles. The third-order valence-electron chi connectivity index (χ3n) is 1.48. The Morgan fingerprint density at radius 2 is 2.00 bits per heavy atom. The van der Waals surface area contributed by atoms with Gasteiger partial charge in [-0.3, -0.25) is 0 Å². The van der Waals surface area contributed by atoms with E-state index in [1.54, 1.807) is 0 Å². The van der Waals surface area contributed by atoms with E-state index < -0.39 is 29.1 Å². The molecule has 1 heterocycles. The van der Waals surface area contributed by atoms with E-state index in [2.05, 4.69) is 4.98 Å². The molecular weight excluding hydrogens is 237 g/mol. The fourth-order valence-electron chi connectivity index (χ4n) is 0.802. The van der Waals surface area contributed by atoms with Gasteiger partial charge in [-0.1, -0.05) is 0 Å². The van der Waals surface area contributed by atoms with Crippen molar-refractivity contribution in [2.45, 2.75) is 6.18 Å². The second-order valence-corrected chi connectivity index (χ2v) is 2.46. The van der Waals surface area contributed by atoms with Crippen LogP contribution in [-0.4, -0.2) is 16.1 Å². The number of pyridine rings is 1. The fraction of sp³-hybridized carbons (Fsp3) is 0.143. The minimum atomic E-state index is -4.62. The summed E-state index contributed by atoms with van der Waals surface area (Å²) in [6.07, 6.45) is -4.13. The molecule has 4 nitrogen and oxygen atoms in total. The van der Waals surface area contributed by atoms with Gasteiger partial charge in [0, 0.05) is 6.20 Å². The zero-order valence-corrected chi connectivity index (χ0v) is 7.89. The topological polar surface area (TPSA) is 76.2 Å². The summed E-state index contributed by atoms with van der Waals surface area (Å²) in [7, 11) is 0. The van der Waals surface area contributed by atoms with Gasteiger partial charge < -0.3 is 10.8 Å². The highest BCUT2D eigenvalue weighted by Gasteiger charge is 2.32. The van der Waals surface area contributed by atoms with Gasteiger partial charge in [0.1, 0.15) is 11.4 Å². The van der Waals surface area contributed by atoms with E-state index in [9.17, 15) is 18.0 Å². The Morgan fingerprint density at radius 3 is 2.40 bits per heavy atom. The van der Waals surface area contributed by atoms with Crippen LogP contribution in [0.3, 0.4) is 0 Å². The lowest BCUT2D eigenvalue weighted by Crippen LogP contribution is -2.11. The van der Waals surface area contributed by atoms with Crippen molar-refractivity contribution < 1.29 is 23.1 Å². The first-order valence-electron chi connectivity index (χ1n) is 3.38. The standard InChI is InChI=1S/C7H5F3N2O2.ClH/c8-7(9,10)3-1-4(6(13)14)5(11)12-2-3;/h1-2H,(H2,11,12)(H,13,14);1H. The molecule has 84 valence electrons. The molecule has 0 aliphatic carbocycles. The number of carboxylic acid groups (broad SMARTS) is 1. The number of alkyl halides is 3. The van der Waals surface area contributed by atoms with E-state index in [-0.39, 0.29) is 12.4 Å². The van der Waals surface area contributed by atoms with Crippen molar-refractivity contribution in [3.63, 3.8) is 0 Å². The Labute approximate surface area is 88.3 Å². The Morgan fingerprint density at radius 1 is 1.47 bits per heavy atom. The molecule has 0 saturated carbocycles. The molecule has 3 N–H and O–H groups in total. The predicted molar refractivity (Wildman–Crippen MR) is 47.9 cm³/mol. The van der Waals surface area contributed by atoms with Crippen molar-refractivity contribution in [3.05, 3.63) is 23.4 Å². The molecule has 1 rings (SSSR count). The van der Waals surface area contributed by atoms with Crippen LogP contribution >= 0.6 is 12.4 Å². The molecule has 0 aliphatic rings. The highest BCUT2D eigenvalue weighted by Crippen LogP contribution is 2.29. The molecule has 15 heavy (non-hydrogen) atoms. The van der Waals surface area contributed by atoms with E-state index in [0.29, 0.717) is 12.3 Å². The maximum absolute atomic E-state index is 12.1. The van der Waals surface area contributed by atoms with Gasteiger partial charge in [0.2, 0.25) is 0 Å². The molecule has 0 radical (unpaired) electrons. The number of carbonyl (C=O) groups is 1. The number of hydrogen-bond donors (Lipinski definition) is 2. The number of nitrogen functional groups attached to an aromatic ring is 1. The van der Waals surface area contributed by atoms with Crippen LogP contribution in [0.2, 0.25) is 0 Å². The molecule has 0 fully saturated rings. The van der Waals surface area contributed by atoms with Crippen LogP contribution in [0.1, 0.15) is 15.9 Å². The fourth-order valence-corrected chi connectivity index (χ4v) is 0.802. The van der Waals surface area contributed by atoms with E-state index in [4.69, 9.17) is 10.8 Å². The van der Waals surface area contributed by atoms with Crippen molar-refractivity contribution in [2.24, 2.45) is 0 Å². The molecule has 8 heteroatoms. The van der Waals surface area contributed by atoms with E-state index in [0.717, 1.165) is 0 Å². The highest BCUT2D eigenvalue weighted by molar-refractivity contribution is 5.92. The third kappa shape index (κ3) is 2.98. The molecule has 1 aromatic heterocycles. The SMILES string of the molecule is Cl.Nc1ncc(C(F)(F)F)cc1C(=O)O. The first-order chi connectivity index (χ1) is 6.32. The summed E-state index contributed by atoms with van der Waals surface area (Å²) in [6.45, 7) is 0. The van der Waals surface area contributed by atoms with E-state index in [1.165, 1.54) is 0 Å². The summed E-state index contributed by atoms with van der Waals surface area (Å²) in [5.41, 5.74) is 3.29. The van der Waals surface area contributed by atoms with Gasteiger partial charge in [-0.2, -0.15) is 13.2 Å². The zero-order chi connectivity index (χ0) is 10.9. The van der Waals surface area contributed by atoms with Gasteiger partial charge >= 0.3 is 12.1 Å². The number of anilines is 1. The Kier molecular flexibility index (Phi) is 3.91. The number of carboxylic acids is 1. The minimum absolute atomic E-state index is 0. The molecule has 0 saturated heterocycles. The number of rotatable bonds is 1. The molecule has 0 atom stereocenters. The summed E-state index contributed by atoms with van der Waals surface area (Å²) < 4.78 is 36.3. The smallest absolute Gasteiger partial charge is 0.417 e. The summed E-state index contributed by atoms with van der Waals surface area (Å²) in [5, 5.41) is 8.47. The minimum Gasteiger partial charge on any atom is -0.478 e. The van der Waals surface area contributed by atoms with Crippen LogP contribution in [0.5, 0.6) is 0 Å². The maximum atomic E-state index is 12.1. The number of halogens is 4. The molecule has 0 spiro atoms. The van der Waals surface area contributed by atoms with E-state index >= 15 is 0 Å². The number of hydrogen-bond acceptors (Lipinski definition) is 3. The van der Waals surface area contributed by atoms with Gasteiger partial charge in [-0.25, -0.2) is 9.78 Å². The second kappa shape index (κ2) is 4.35. The van der Waals surface area contributed by atoms with Crippen LogP contribution in [0.4, 0.5) is 19.0 Å². The largest absolute Gasteiger partial charge is 0.478 e. The van der Waals surface area contributed by atoms with Crippen LogP contribution < -0.4 is 5.73 Å². The Balaban J connectivity index is 0.00000196. The van der Waals surface area contributed by atoms with Crippen molar-refractivity contribution in [2.75, 3.05) is 5.73 Å². The number of nitrogens with zero attached hydrogens (tertiary/aromatic N) is 1. The van der Waals surface area contributed by atoms with Gasteiger partial charge in [0.05, 0.1) is 5.56 Å². The summed E-state index contributed by atoms with van der Waals surface area (Å²) >= 11 is 0. The lowest BCUT2D eigenvalue weighted by molar-refractivity contribution is -0.137. The predicted octanol–water partition coefficient (Wildman–Crippen LogP) is 1.80. The molecular formula is C7H6ClF3N2O2. The van der Waals surface area contributed by atoms with Crippen molar-refractivity contribution in [1.29, 1.82) is 0 Å². The third-order valence-corrected chi connectivity index (χ3v) is 1.48. The average Bonchev–Trinajstić information content (AvgIpc) is 2.02. The second-order valence-electron chi connectivity index (χ2n) is 2.46. The first-order valence-corrected chi connectivity index (χ1v) is 3.38. The molecule has 1 aromatic rings. The van der Waals surface area contributed by atoms with Gasteiger partial charge in [0.15, 0.2) is 0 Å². The number of aromatic carboxylic acids is 1. The average molecular weight is 243 g/mol. The van der Waals surface area contributed by atoms with Crippen molar-refractivity contribution in [3.8, 4) is 0 Å². The summed E-state index contributed by atoms with van der Waals surface area (Å²) in [6, 6.07) is 0.449. The molecule has 0 unspecified atom stereocenters. The monoisotopic (exact) mass is 242 g/mol.